The van der Waals surface area contributed by atoms with Crippen LogP contribution in [0.5, 0.6) is 0 Å². The van der Waals surface area contributed by atoms with Crippen LogP contribution >= 0.6 is 11.8 Å². The van der Waals surface area contributed by atoms with Gasteiger partial charge in [-0.25, -0.2) is 4.79 Å². The smallest absolute Gasteiger partial charge is 0.329 e. The molecule has 1 aliphatic rings. The molecule has 1 saturated heterocycles. The minimum absolute atomic E-state index is 0.184. The number of hydrogen-bond donors (Lipinski definition) is 0. The van der Waals surface area contributed by atoms with Crippen LogP contribution in [-0.2, 0) is 20.9 Å². The summed E-state index contributed by atoms with van der Waals surface area (Å²) in [6.45, 7) is 3.74. The summed E-state index contributed by atoms with van der Waals surface area (Å²) in [4.78, 5) is 38.1. The quantitative estimate of drug-likeness (QED) is 0.451. The molecule has 6 nitrogen and oxygen atoms in total. The number of carbonyl (C=O) groups excluding carboxylic acids is 3. The van der Waals surface area contributed by atoms with E-state index in [-0.39, 0.29) is 11.5 Å². The van der Waals surface area contributed by atoms with Crippen molar-refractivity contribution in [2.24, 2.45) is 0 Å². The zero-order valence-corrected chi connectivity index (χ0v) is 15.8. The molecule has 3 rings (SSSR count). The number of thioether (sulfide) groups is 1. The van der Waals surface area contributed by atoms with E-state index in [1.165, 1.54) is 6.92 Å². The number of rotatable bonds is 5. The molecule has 138 valence electrons. The van der Waals surface area contributed by atoms with Crippen molar-refractivity contribution in [3.05, 3.63) is 40.9 Å². The van der Waals surface area contributed by atoms with Crippen molar-refractivity contribution in [1.82, 2.24) is 9.47 Å². The van der Waals surface area contributed by atoms with Gasteiger partial charge in [0, 0.05) is 22.7 Å². The average molecular weight is 382 g/mol. The van der Waals surface area contributed by atoms with E-state index in [1.54, 1.807) is 13.0 Å². The number of ether oxygens (including phenoxy) is 1. The minimum atomic E-state index is -0.967. The molecule has 0 N–H and O–H groups in total. The molecule has 1 fully saturated rings. The number of terminal acetylenes is 1. The monoisotopic (exact) mass is 382 g/mol. The molecule has 0 radical (unpaired) electrons. The van der Waals surface area contributed by atoms with Gasteiger partial charge in [-0.2, -0.15) is 0 Å². The molecule has 1 atom stereocenters. The fourth-order valence-corrected chi connectivity index (χ4v) is 3.84. The molecular weight excluding hydrogens is 364 g/mol. The van der Waals surface area contributed by atoms with Gasteiger partial charge in [0.05, 0.1) is 18.1 Å². The van der Waals surface area contributed by atoms with E-state index in [2.05, 4.69) is 5.92 Å². The lowest BCUT2D eigenvalue weighted by Crippen LogP contribution is -2.42. The Morgan fingerprint density at radius 3 is 2.81 bits per heavy atom. The maximum absolute atomic E-state index is 12.7. The van der Waals surface area contributed by atoms with Crippen LogP contribution in [0.25, 0.3) is 17.0 Å². The fraction of sp³-hybridized carbons (Fsp3) is 0.250. The summed E-state index contributed by atoms with van der Waals surface area (Å²) in [7, 11) is 0. The number of carbonyl (C=O) groups is 3. The van der Waals surface area contributed by atoms with E-state index < -0.39 is 23.2 Å². The van der Waals surface area contributed by atoms with Gasteiger partial charge in [0.15, 0.2) is 0 Å². The lowest BCUT2D eigenvalue weighted by molar-refractivity contribution is -0.150. The molecule has 7 heteroatoms. The number of hydrogen-bond acceptors (Lipinski definition) is 5. The van der Waals surface area contributed by atoms with Gasteiger partial charge in [0.2, 0.25) is 0 Å². The highest BCUT2D eigenvalue weighted by Crippen LogP contribution is 2.35. The number of benzene rings is 1. The van der Waals surface area contributed by atoms with Crippen LogP contribution in [0.2, 0.25) is 0 Å². The summed E-state index contributed by atoms with van der Waals surface area (Å²) < 4.78 is 6.83. The highest BCUT2D eigenvalue weighted by Gasteiger charge is 2.41. The summed E-state index contributed by atoms with van der Waals surface area (Å²) in [5.74, 6) is 1.50. The minimum Gasteiger partial charge on any atom is -0.464 e. The Balaban J connectivity index is 1.96. The third-order valence-electron chi connectivity index (χ3n) is 4.21. The molecule has 1 unspecified atom stereocenters. The zero-order chi connectivity index (χ0) is 19.6. The van der Waals surface area contributed by atoms with Crippen molar-refractivity contribution in [1.29, 1.82) is 0 Å². The number of aromatic nitrogens is 1. The lowest BCUT2D eigenvalue weighted by Gasteiger charge is -2.19. The largest absolute Gasteiger partial charge is 0.464 e. The fourth-order valence-electron chi connectivity index (χ4n) is 2.94. The molecule has 2 heterocycles. The predicted octanol–water partition coefficient (Wildman–Crippen LogP) is 3.26. The van der Waals surface area contributed by atoms with Crippen LogP contribution in [0.4, 0.5) is 4.79 Å². The summed E-state index contributed by atoms with van der Waals surface area (Å²) in [6, 6.07) is 6.71. The number of nitrogens with zero attached hydrogens (tertiary/aromatic N) is 2. The Kier molecular flexibility index (Phi) is 5.38. The Labute approximate surface area is 161 Å². The van der Waals surface area contributed by atoms with Gasteiger partial charge in [-0.1, -0.05) is 24.1 Å². The van der Waals surface area contributed by atoms with Gasteiger partial charge in [-0.15, -0.1) is 6.42 Å². The van der Waals surface area contributed by atoms with Crippen molar-refractivity contribution in [2.45, 2.75) is 26.4 Å². The van der Waals surface area contributed by atoms with Crippen LogP contribution in [0.3, 0.4) is 0 Å². The van der Waals surface area contributed by atoms with E-state index in [0.29, 0.717) is 6.54 Å². The Hall–Kier alpha value is -2.98. The first-order valence-corrected chi connectivity index (χ1v) is 9.24. The second-order valence-electron chi connectivity index (χ2n) is 5.91. The van der Waals surface area contributed by atoms with Crippen molar-refractivity contribution in [3.63, 3.8) is 0 Å². The molecule has 0 bridgehead atoms. The van der Waals surface area contributed by atoms with Gasteiger partial charge in [-0.05, 0) is 37.8 Å². The first-order valence-electron chi connectivity index (χ1n) is 8.43. The second-order valence-corrected chi connectivity index (χ2v) is 6.91. The highest BCUT2D eigenvalue weighted by molar-refractivity contribution is 8.18. The van der Waals surface area contributed by atoms with Crippen molar-refractivity contribution < 1.29 is 19.1 Å². The summed E-state index contributed by atoms with van der Waals surface area (Å²) in [5.41, 5.74) is 1.73. The first kappa shape index (κ1) is 18.8. The molecule has 2 amide bonds. The SMILES string of the molecule is C#CCn1cc(/C=C2\SC(=O)N(C(C)C(=O)OCC)C2=O)c2ccccc21. The molecule has 0 aliphatic carbocycles. The predicted molar refractivity (Wildman–Crippen MR) is 105 cm³/mol. The Bertz CT molecular complexity index is 999. The van der Waals surface area contributed by atoms with Gasteiger partial charge in [0.1, 0.15) is 6.04 Å². The number of para-hydroxylation sites is 1. The molecular formula is C20H18N2O4S. The van der Waals surface area contributed by atoms with Gasteiger partial charge < -0.3 is 9.30 Å². The van der Waals surface area contributed by atoms with Crippen LogP contribution in [-0.4, -0.2) is 39.2 Å². The molecule has 1 aromatic heterocycles. The zero-order valence-electron chi connectivity index (χ0n) is 15.0. The normalized spacial score (nSPS) is 16.8. The van der Waals surface area contributed by atoms with E-state index in [9.17, 15) is 14.4 Å². The van der Waals surface area contributed by atoms with E-state index >= 15 is 0 Å². The number of fused-ring (bicyclic) bond motifs is 1. The lowest BCUT2D eigenvalue weighted by atomic mass is 10.1. The van der Waals surface area contributed by atoms with Crippen LogP contribution in [0.15, 0.2) is 35.4 Å². The maximum Gasteiger partial charge on any atom is 0.329 e. The topological polar surface area (TPSA) is 68.6 Å². The van der Waals surface area contributed by atoms with Crippen molar-refractivity contribution in [2.75, 3.05) is 6.61 Å². The molecule has 0 saturated carbocycles. The second kappa shape index (κ2) is 7.72. The molecule has 2 aromatic rings. The Morgan fingerprint density at radius 1 is 1.37 bits per heavy atom. The number of esters is 1. The van der Waals surface area contributed by atoms with E-state index in [1.807, 2.05) is 35.0 Å². The van der Waals surface area contributed by atoms with E-state index in [0.717, 1.165) is 33.1 Å². The van der Waals surface area contributed by atoms with Crippen LogP contribution < -0.4 is 0 Å². The standard InChI is InChI=1S/C20H18N2O4S/c1-4-10-21-12-14(15-8-6-7-9-16(15)21)11-17-18(23)22(20(25)27-17)13(3)19(24)26-5-2/h1,6-9,11-13H,5,10H2,2-3H3/b17-11-. The molecule has 1 aliphatic heterocycles. The average Bonchev–Trinajstić information content (AvgIpc) is 3.13. The highest BCUT2D eigenvalue weighted by atomic mass is 32.2. The van der Waals surface area contributed by atoms with Crippen molar-refractivity contribution >= 4 is 45.9 Å². The first-order chi connectivity index (χ1) is 13.0. The third kappa shape index (κ3) is 3.49. The van der Waals surface area contributed by atoms with Gasteiger partial charge in [-0.3, -0.25) is 14.5 Å². The summed E-state index contributed by atoms with van der Waals surface area (Å²) in [6.07, 6.45) is 8.95. The van der Waals surface area contributed by atoms with E-state index in [4.69, 9.17) is 11.2 Å². The number of imide groups is 1. The number of amides is 2. The molecule has 1 aromatic carbocycles. The molecule has 27 heavy (non-hydrogen) atoms. The summed E-state index contributed by atoms with van der Waals surface area (Å²) in [5, 5.41) is 0.442. The van der Waals surface area contributed by atoms with Gasteiger partial charge >= 0.3 is 5.97 Å². The maximum atomic E-state index is 12.7. The Morgan fingerprint density at radius 2 is 2.11 bits per heavy atom. The third-order valence-corrected chi connectivity index (χ3v) is 5.09. The van der Waals surface area contributed by atoms with Gasteiger partial charge in [0.25, 0.3) is 11.1 Å². The summed E-state index contributed by atoms with van der Waals surface area (Å²) >= 11 is 0.813. The van der Waals surface area contributed by atoms with Crippen LogP contribution in [0, 0.1) is 12.3 Å². The molecule has 0 spiro atoms. The van der Waals surface area contributed by atoms with Crippen molar-refractivity contribution in [3.8, 4) is 12.3 Å². The van der Waals surface area contributed by atoms with Crippen LogP contribution in [0.1, 0.15) is 19.4 Å².